The number of methoxy groups -OCH3 is 1. The fraction of sp³-hybridized carbons (Fsp3) is 0.481. The Balaban J connectivity index is 1.38. The molecular formula is C27H35N3O7S. The zero-order valence-corrected chi connectivity index (χ0v) is 22.5. The average Bonchev–Trinajstić information content (AvgIpc) is 2.96. The van der Waals surface area contributed by atoms with Crippen LogP contribution in [0.1, 0.15) is 25.7 Å². The standard InChI is InChI=1S/C27H35N3O7S/c1-29(27(33)30-15-17-37-18-16-30)22-9-3-21(4-10-22)25(26(31)32)28-38(34,35)24-13-7-20(8-14-24)19-5-11-23(36-2)12-6-19/h5-8,11-14,21-22,25,28H,3-4,9-10,15-18H2,1-2H3,(H,31,32)/t21?,22?,25-/m1/s1. The van der Waals surface area contributed by atoms with Crippen LogP contribution in [-0.4, -0.2) is 87.9 Å². The number of hydrogen-bond donors (Lipinski definition) is 2. The highest BCUT2D eigenvalue weighted by Crippen LogP contribution is 2.31. The molecule has 0 bridgehead atoms. The summed E-state index contributed by atoms with van der Waals surface area (Å²) in [7, 11) is -0.694. The zero-order chi connectivity index (χ0) is 27.3. The molecule has 2 aliphatic rings. The molecule has 0 aromatic heterocycles. The summed E-state index contributed by atoms with van der Waals surface area (Å²) in [6, 6.07) is 12.4. The molecule has 2 amide bonds. The van der Waals surface area contributed by atoms with Crippen molar-refractivity contribution in [3.8, 4) is 16.9 Å². The molecule has 1 heterocycles. The fourth-order valence-corrected chi connectivity index (χ4v) is 6.41. The summed E-state index contributed by atoms with van der Waals surface area (Å²) in [5, 5.41) is 9.88. The summed E-state index contributed by atoms with van der Waals surface area (Å²) >= 11 is 0. The Morgan fingerprint density at radius 2 is 1.55 bits per heavy atom. The number of morpholine rings is 1. The lowest BCUT2D eigenvalue weighted by Crippen LogP contribution is -2.52. The second kappa shape index (κ2) is 12.1. The molecule has 1 atom stereocenters. The highest BCUT2D eigenvalue weighted by molar-refractivity contribution is 7.89. The van der Waals surface area contributed by atoms with Gasteiger partial charge in [-0.1, -0.05) is 24.3 Å². The van der Waals surface area contributed by atoms with Gasteiger partial charge in [0.05, 0.1) is 25.2 Å². The van der Waals surface area contributed by atoms with Gasteiger partial charge in [0.1, 0.15) is 11.8 Å². The van der Waals surface area contributed by atoms with Crippen LogP contribution in [0, 0.1) is 5.92 Å². The first kappa shape index (κ1) is 27.9. The average molecular weight is 546 g/mol. The number of sulfonamides is 1. The quantitative estimate of drug-likeness (QED) is 0.522. The topological polar surface area (TPSA) is 125 Å². The second-order valence-electron chi connectivity index (χ2n) is 9.75. The monoisotopic (exact) mass is 545 g/mol. The molecule has 2 aromatic rings. The van der Waals surface area contributed by atoms with Crippen LogP contribution in [0.5, 0.6) is 5.75 Å². The van der Waals surface area contributed by atoms with E-state index in [-0.39, 0.29) is 22.9 Å². The van der Waals surface area contributed by atoms with E-state index >= 15 is 0 Å². The van der Waals surface area contributed by atoms with E-state index < -0.39 is 22.0 Å². The summed E-state index contributed by atoms with van der Waals surface area (Å²) < 4.78 is 39.1. The molecule has 10 nitrogen and oxygen atoms in total. The van der Waals surface area contributed by atoms with Crippen LogP contribution in [0.3, 0.4) is 0 Å². The van der Waals surface area contributed by atoms with Crippen molar-refractivity contribution >= 4 is 22.0 Å². The van der Waals surface area contributed by atoms with E-state index in [1.54, 1.807) is 36.1 Å². The number of aliphatic carboxylic acids is 1. The molecule has 11 heteroatoms. The van der Waals surface area contributed by atoms with Gasteiger partial charge in [-0.3, -0.25) is 4.79 Å². The third-order valence-electron chi connectivity index (χ3n) is 7.48. The van der Waals surface area contributed by atoms with E-state index in [0.29, 0.717) is 52.0 Å². The Morgan fingerprint density at radius 3 is 2.08 bits per heavy atom. The second-order valence-corrected chi connectivity index (χ2v) is 11.5. The number of hydrogen-bond acceptors (Lipinski definition) is 6. The minimum atomic E-state index is -4.06. The minimum Gasteiger partial charge on any atom is -0.497 e. The molecule has 206 valence electrons. The summed E-state index contributed by atoms with van der Waals surface area (Å²) in [6.07, 6.45) is 2.22. The number of carbonyl (C=O) groups is 2. The van der Waals surface area contributed by atoms with Gasteiger partial charge in [-0.2, -0.15) is 4.72 Å². The van der Waals surface area contributed by atoms with Crippen molar-refractivity contribution in [3.63, 3.8) is 0 Å². The van der Waals surface area contributed by atoms with Gasteiger partial charge in [-0.15, -0.1) is 0 Å². The predicted octanol–water partition coefficient (Wildman–Crippen LogP) is 3.04. The van der Waals surface area contributed by atoms with Crippen molar-refractivity contribution in [2.75, 3.05) is 40.5 Å². The van der Waals surface area contributed by atoms with Crippen LogP contribution in [0.15, 0.2) is 53.4 Å². The van der Waals surface area contributed by atoms with Gasteiger partial charge in [-0.25, -0.2) is 13.2 Å². The van der Waals surface area contributed by atoms with E-state index in [0.717, 1.165) is 16.9 Å². The maximum Gasteiger partial charge on any atom is 0.322 e. The number of carboxylic acids is 1. The lowest BCUT2D eigenvalue weighted by Gasteiger charge is -2.39. The smallest absolute Gasteiger partial charge is 0.322 e. The van der Waals surface area contributed by atoms with Crippen molar-refractivity contribution in [1.82, 2.24) is 14.5 Å². The first-order valence-electron chi connectivity index (χ1n) is 12.8. The highest BCUT2D eigenvalue weighted by Gasteiger charge is 2.37. The van der Waals surface area contributed by atoms with Gasteiger partial charge in [0.25, 0.3) is 0 Å². The predicted molar refractivity (Wildman–Crippen MR) is 141 cm³/mol. The van der Waals surface area contributed by atoms with Crippen molar-refractivity contribution in [2.24, 2.45) is 5.92 Å². The van der Waals surface area contributed by atoms with Crippen molar-refractivity contribution in [3.05, 3.63) is 48.5 Å². The summed E-state index contributed by atoms with van der Waals surface area (Å²) in [6.45, 7) is 2.17. The molecule has 1 saturated carbocycles. The molecule has 2 aromatic carbocycles. The van der Waals surface area contributed by atoms with Crippen molar-refractivity contribution in [1.29, 1.82) is 0 Å². The summed E-state index contributed by atoms with van der Waals surface area (Å²) in [4.78, 5) is 28.4. The lowest BCUT2D eigenvalue weighted by atomic mass is 9.81. The van der Waals surface area contributed by atoms with E-state index in [9.17, 15) is 23.1 Å². The molecule has 1 aliphatic carbocycles. The first-order valence-corrected chi connectivity index (χ1v) is 14.3. The van der Waals surface area contributed by atoms with E-state index in [2.05, 4.69) is 4.72 Å². The molecule has 0 unspecified atom stereocenters. The summed E-state index contributed by atoms with van der Waals surface area (Å²) in [5.74, 6) is -0.852. The number of ether oxygens (including phenoxy) is 2. The first-order chi connectivity index (χ1) is 18.2. The number of benzene rings is 2. The van der Waals surface area contributed by atoms with Crippen LogP contribution in [-0.2, 0) is 19.6 Å². The maximum atomic E-state index is 13.1. The zero-order valence-electron chi connectivity index (χ0n) is 21.7. The SMILES string of the molecule is COc1ccc(-c2ccc(S(=O)(=O)N[C@@H](C(=O)O)C3CCC(N(C)C(=O)N4CCOCC4)CC3)cc2)cc1. The van der Waals surface area contributed by atoms with Crippen molar-refractivity contribution < 1.29 is 32.6 Å². The van der Waals surface area contributed by atoms with Crippen LogP contribution >= 0.6 is 0 Å². The Hall–Kier alpha value is -3.15. The third kappa shape index (κ3) is 6.46. The van der Waals surface area contributed by atoms with Crippen LogP contribution < -0.4 is 9.46 Å². The van der Waals surface area contributed by atoms with Crippen LogP contribution in [0.2, 0.25) is 0 Å². The minimum absolute atomic E-state index is 0.00513. The largest absolute Gasteiger partial charge is 0.497 e. The Bertz CT molecular complexity index is 1200. The lowest BCUT2D eigenvalue weighted by molar-refractivity contribution is -0.140. The van der Waals surface area contributed by atoms with E-state index in [1.807, 2.05) is 24.3 Å². The molecular weight excluding hydrogens is 510 g/mol. The number of amides is 2. The highest BCUT2D eigenvalue weighted by atomic mass is 32.2. The van der Waals surface area contributed by atoms with Gasteiger partial charge in [-0.05, 0) is 67.0 Å². The van der Waals surface area contributed by atoms with Gasteiger partial charge in [0.15, 0.2) is 0 Å². The number of rotatable bonds is 8. The van der Waals surface area contributed by atoms with Gasteiger partial charge < -0.3 is 24.4 Å². The molecule has 2 fully saturated rings. The normalized spacial score (nSPS) is 20.9. The maximum absolute atomic E-state index is 13.1. The van der Waals surface area contributed by atoms with Gasteiger partial charge in [0.2, 0.25) is 10.0 Å². The number of carbonyl (C=O) groups excluding carboxylic acids is 1. The van der Waals surface area contributed by atoms with Gasteiger partial charge in [0, 0.05) is 26.2 Å². The fourth-order valence-electron chi connectivity index (χ4n) is 5.15. The molecule has 1 aliphatic heterocycles. The number of urea groups is 1. The Morgan fingerprint density at radius 1 is 1.00 bits per heavy atom. The van der Waals surface area contributed by atoms with Crippen LogP contribution in [0.4, 0.5) is 4.79 Å². The Labute approximate surface area is 223 Å². The Kier molecular flexibility index (Phi) is 8.91. The third-order valence-corrected chi connectivity index (χ3v) is 8.94. The molecule has 0 radical (unpaired) electrons. The summed E-state index contributed by atoms with van der Waals surface area (Å²) in [5.41, 5.74) is 1.73. The van der Waals surface area contributed by atoms with E-state index in [1.165, 1.54) is 12.1 Å². The van der Waals surface area contributed by atoms with Crippen LogP contribution in [0.25, 0.3) is 11.1 Å². The van der Waals surface area contributed by atoms with Crippen molar-refractivity contribution in [2.45, 2.75) is 42.7 Å². The van der Waals surface area contributed by atoms with Gasteiger partial charge >= 0.3 is 12.0 Å². The van der Waals surface area contributed by atoms with E-state index in [4.69, 9.17) is 9.47 Å². The molecule has 0 spiro atoms. The number of carboxylic acid groups (broad SMARTS) is 1. The molecule has 2 N–H and O–H groups in total. The molecule has 4 rings (SSSR count). The number of nitrogens with zero attached hydrogens (tertiary/aromatic N) is 2. The molecule has 38 heavy (non-hydrogen) atoms. The molecule has 1 saturated heterocycles. The number of nitrogens with one attached hydrogen (secondary N) is 1.